The molecule has 4 aromatic rings. The largest absolute Gasteiger partial charge is 0.350 e. The third-order valence-electron chi connectivity index (χ3n) is 4.34. The molecule has 0 N–H and O–H groups in total. The molecule has 0 radical (unpaired) electrons. The number of aromatic nitrogens is 1. The van der Waals surface area contributed by atoms with E-state index in [4.69, 9.17) is 0 Å². The number of rotatable bonds is 4. The lowest BCUT2D eigenvalue weighted by Crippen LogP contribution is -1.99. The summed E-state index contributed by atoms with van der Waals surface area (Å²) < 4.78 is 2.21. The summed E-state index contributed by atoms with van der Waals surface area (Å²) in [5, 5.41) is 0. The first-order valence-electron chi connectivity index (χ1n) is 8.25. The molecule has 1 heteroatoms. The molecule has 116 valence electrons. The maximum absolute atomic E-state index is 2.22. The lowest BCUT2D eigenvalue weighted by atomic mass is 9.92. The van der Waals surface area contributed by atoms with Crippen molar-refractivity contribution >= 4 is 0 Å². The zero-order chi connectivity index (χ0) is 16.2. The molecular weight excluding hydrogens is 290 g/mol. The van der Waals surface area contributed by atoms with Crippen LogP contribution in [0.15, 0.2) is 103 Å². The van der Waals surface area contributed by atoms with Crippen molar-refractivity contribution in [2.24, 2.45) is 0 Å². The van der Waals surface area contributed by atoms with Gasteiger partial charge in [0.15, 0.2) is 0 Å². The number of hydrogen-bond donors (Lipinski definition) is 0. The Bertz CT molecular complexity index is 921. The summed E-state index contributed by atoms with van der Waals surface area (Å²) in [6.45, 7) is 0.881. The fourth-order valence-electron chi connectivity index (χ4n) is 3.18. The third-order valence-corrected chi connectivity index (χ3v) is 4.34. The quantitative estimate of drug-likeness (QED) is 0.444. The Hall–Kier alpha value is -3.06. The molecule has 1 heterocycles. The van der Waals surface area contributed by atoms with Gasteiger partial charge in [-0.15, -0.1) is 0 Å². The highest BCUT2D eigenvalue weighted by atomic mass is 14.9. The molecule has 3 aromatic carbocycles. The van der Waals surface area contributed by atoms with Crippen molar-refractivity contribution in [2.45, 2.75) is 6.54 Å². The van der Waals surface area contributed by atoms with Crippen LogP contribution in [0.25, 0.3) is 22.3 Å². The van der Waals surface area contributed by atoms with Crippen LogP contribution in [0.2, 0.25) is 0 Å². The molecule has 0 aliphatic carbocycles. The van der Waals surface area contributed by atoms with Crippen molar-refractivity contribution in [1.29, 1.82) is 0 Å². The van der Waals surface area contributed by atoms with Gasteiger partial charge < -0.3 is 4.57 Å². The lowest BCUT2D eigenvalue weighted by Gasteiger charge is -2.15. The molecule has 4 rings (SSSR count). The van der Waals surface area contributed by atoms with E-state index >= 15 is 0 Å². The van der Waals surface area contributed by atoms with Gasteiger partial charge in [0.25, 0.3) is 0 Å². The summed E-state index contributed by atoms with van der Waals surface area (Å²) in [5.41, 5.74) is 6.44. The average molecular weight is 309 g/mol. The van der Waals surface area contributed by atoms with Gasteiger partial charge in [0, 0.05) is 18.9 Å². The smallest absolute Gasteiger partial charge is 0.0476 e. The van der Waals surface area contributed by atoms with Crippen LogP contribution >= 0.6 is 0 Å². The van der Waals surface area contributed by atoms with E-state index in [1.165, 1.54) is 27.8 Å². The summed E-state index contributed by atoms with van der Waals surface area (Å²) in [5.74, 6) is 0. The van der Waals surface area contributed by atoms with Crippen LogP contribution in [0.4, 0.5) is 0 Å². The zero-order valence-electron chi connectivity index (χ0n) is 13.5. The van der Waals surface area contributed by atoms with E-state index in [1.54, 1.807) is 0 Å². The van der Waals surface area contributed by atoms with Crippen molar-refractivity contribution < 1.29 is 0 Å². The van der Waals surface area contributed by atoms with Gasteiger partial charge in [-0.25, -0.2) is 0 Å². The van der Waals surface area contributed by atoms with Crippen LogP contribution in [0.1, 0.15) is 5.56 Å². The van der Waals surface area contributed by atoms with E-state index in [9.17, 15) is 0 Å². The Morgan fingerprint density at radius 2 is 1.08 bits per heavy atom. The highest BCUT2D eigenvalue weighted by molar-refractivity contribution is 5.84. The van der Waals surface area contributed by atoms with Crippen LogP contribution in [-0.4, -0.2) is 4.57 Å². The maximum Gasteiger partial charge on any atom is 0.0476 e. The highest BCUT2D eigenvalue weighted by Crippen LogP contribution is 2.34. The standard InChI is InChI=1S/C23H19N/c1-2-10-19(11-3-1)21-13-6-7-15-23(21)22-14-5-4-12-20(22)18-24-16-8-9-17-24/h1-17H,18H2. The minimum Gasteiger partial charge on any atom is -0.350 e. The first-order chi connectivity index (χ1) is 11.9. The van der Waals surface area contributed by atoms with Crippen molar-refractivity contribution in [1.82, 2.24) is 4.57 Å². The maximum atomic E-state index is 2.22. The zero-order valence-corrected chi connectivity index (χ0v) is 13.5. The van der Waals surface area contributed by atoms with Crippen LogP contribution in [0.5, 0.6) is 0 Å². The fraction of sp³-hybridized carbons (Fsp3) is 0.0435. The highest BCUT2D eigenvalue weighted by Gasteiger charge is 2.10. The Labute approximate surface area is 142 Å². The summed E-state index contributed by atoms with van der Waals surface area (Å²) >= 11 is 0. The fourth-order valence-corrected chi connectivity index (χ4v) is 3.18. The molecule has 0 aliphatic heterocycles. The van der Waals surface area contributed by atoms with E-state index in [2.05, 4.69) is 108 Å². The van der Waals surface area contributed by atoms with Gasteiger partial charge in [0.05, 0.1) is 0 Å². The topological polar surface area (TPSA) is 4.93 Å². The summed E-state index contributed by atoms with van der Waals surface area (Å²) in [6.07, 6.45) is 4.22. The van der Waals surface area contributed by atoms with Crippen molar-refractivity contribution in [3.8, 4) is 22.3 Å². The van der Waals surface area contributed by atoms with Gasteiger partial charge in [0.2, 0.25) is 0 Å². The Balaban J connectivity index is 1.83. The molecule has 0 atom stereocenters. The summed E-state index contributed by atoms with van der Waals surface area (Å²) in [6, 6.07) is 32.1. The second-order valence-corrected chi connectivity index (χ2v) is 5.92. The van der Waals surface area contributed by atoms with E-state index in [-0.39, 0.29) is 0 Å². The SMILES string of the molecule is c1ccc(-c2ccccc2-c2ccccc2Cn2cccc2)cc1. The molecule has 0 unspecified atom stereocenters. The molecule has 0 saturated heterocycles. The molecule has 1 nitrogen and oxygen atoms in total. The Kier molecular flexibility index (Phi) is 3.99. The van der Waals surface area contributed by atoms with Crippen molar-refractivity contribution in [2.75, 3.05) is 0 Å². The van der Waals surface area contributed by atoms with Crippen LogP contribution in [0, 0.1) is 0 Å². The lowest BCUT2D eigenvalue weighted by molar-refractivity contribution is 0.808. The van der Waals surface area contributed by atoms with E-state index in [0.717, 1.165) is 6.54 Å². The Morgan fingerprint density at radius 1 is 0.500 bits per heavy atom. The molecule has 0 aliphatic rings. The molecular formula is C23H19N. The first kappa shape index (κ1) is 14.5. The third kappa shape index (κ3) is 2.89. The molecule has 0 spiro atoms. The molecule has 24 heavy (non-hydrogen) atoms. The Morgan fingerprint density at radius 3 is 1.83 bits per heavy atom. The first-order valence-corrected chi connectivity index (χ1v) is 8.25. The minimum absolute atomic E-state index is 0.881. The molecule has 0 amide bonds. The van der Waals surface area contributed by atoms with Crippen LogP contribution in [0.3, 0.4) is 0 Å². The number of nitrogens with zero attached hydrogens (tertiary/aromatic N) is 1. The predicted molar refractivity (Wildman–Crippen MR) is 101 cm³/mol. The van der Waals surface area contributed by atoms with E-state index < -0.39 is 0 Å². The molecule has 0 fully saturated rings. The summed E-state index contributed by atoms with van der Waals surface area (Å²) in [4.78, 5) is 0. The molecule has 1 aromatic heterocycles. The number of hydrogen-bond acceptors (Lipinski definition) is 0. The minimum atomic E-state index is 0.881. The second kappa shape index (κ2) is 6.59. The van der Waals surface area contributed by atoms with Crippen LogP contribution in [-0.2, 0) is 6.54 Å². The van der Waals surface area contributed by atoms with E-state index in [0.29, 0.717) is 0 Å². The van der Waals surface area contributed by atoms with Gasteiger partial charge in [-0.1, -0.05) is 78.9 Å². The second-order valence-electron chi connectivity index (χ2n) is 5.92. The van der Waals surface area contributed by atoms with Gasteiger partial charge in [-0.3, -0.25) is 0 Å². The molecule has 0 saturated carbocycles. The van der Waals surface area contributed by atoms with Crippen molar-refractivity contribution in [3.05, 3.63) is 109 Å². The van der Waals surface area contributed by atoms with Crippen LogP contribution < -0.4 is 0 Å². The monoisotopic (exact) mass is 309 g/mol. The normalized spacial score (nSPS) is 10.7. The van der Waals surface area contributed by atoms with Gasteiger partial charge >= 0.3 is 0 Å². The van der Waals surface area contributed by atoms with E-state index in [1.807, 2.05) is 0 Å². The number of benzene rings is 3. The van der Waals surface area contributed by atoms with Gasteiger partial charge in [-0.2, -0.15) is 0 Å². The summed E-state index contributed by atoms with van der Waals surface area (Å²) in [7, 11) is 0. The average Bonchev–Trinajstić information content (AvgIpc) is 3.16. The predicted octanol–water partition coefficient (Wildman–Crippen LogP) is 5.87. The molecule has 0 bridgehead atoms. The van der Waals surface area contributed by atoms with Gasteiger partial charge in [0.1, 0.15) is 0 Å². The van der Waals surface area contributed by atoms with Crippen molar-refractivity contribution in [3.63, 3.8) is 0 Å². The van der Waals surface area contributed by atoms with Gasteiger partial charge in [-0.05, 0) is 39.9 Å².